The standard InChI is InChI=1S/C17H15Cl2NO.2C17H17ClN2O.C4H4O4/c1-2-4-15-12(10-18)5-3-6-16(15)21-17-9-14(19)8-7-13(17)11-20;2*1-2-4-15-12(10-19)5-3-6-16(15)21-17-9-14(18)8-7-13(17)11-20;5-3(6)1-2-4(7)8/h3,5-9H,2,4,10H2,1H3;2*3,5-9H,2,4,10,19H2,1H3;1-2H,(H,5,6)(H,7,8). The van der Waals surface area contributed by atoms with Gasteiger partial charge in [-0.2, -0.15) is 15.8 Å². The van der Waals surface area contributed by atoms with Gasteiger partial charge in [-0.25, -0.2) is 9.59 Å². The van der Waals surface area contributed by atoms with Crippen LogP contribution in [-0.4, -0.2) is 22.2 Å². The number of carboxylic acid groups (broad SMARTS) is 2. The van der Waals surface area contributed by atoms with Crippen molar-refractivity contribution in [3.05, 3.63) is 186 Å². The van der Waals surface area contributed by atoms with Gasteiger partial charge in [0, 0.05) is 64.4 Å². The van der Waals surface area contributed by atoms with Gasteiger partial charge >= 0.3 is 11.9 Å². The maximum absolute atomic E-state index is 9.55. The maximum atomic E-state index is 9.55. The molecule has 0 aliphatic rings. The molecule has 0 saturated heterocycles. The Morgan fingerprint density at radius 3 is 1.06 bits per heavy atom. The second kappa shape index (κ2) is 31.2. The molecule has 0 aromatic heterocycles. The fourth-order valence-corrected chi connectivity index (χ4v) is 7.48. The number of halogens is 4. The van der Waals surface area contributed by atoms with Crippen LogP contribution < -0.4 is 25.7 Å². The van der Waals surface area contributed by atoms with Gasteiger partial charge in [0.25, 0.3) is 0 Å². The van der Waals surface area contributed by atoms with Gasteiger partial charge in [0.2, 0.25) is 0 Å². The SMILES string of the molecule is CCCc1c(CCl)cccc1Oc1cc(Cl)ccc1C#N.CCCc1c(CN)cccc1Oc1cc(Cl)ccc1C#N.CCCc1c(CN)cccc1Oc1cc(Cl)ccc1C#N.O=C(O)C=CC(=O)O. The number of alkyl halides is 1. The van der Waals surface area contributed by atoms with E-state index in [0.29, 0.717) is 80.1 Å². The minimum Gasteiger partial charge on any atom is -0.478 e. The molecule has 368 valence electrons. The Bertz CT molecular complexity index is 2610. The molecule has 16 heteroatoms. The number of nitriles is 3. The molecule has 6 aromatic carbocycles. The third-order valence-electron chi connectivity index (χ3n) is 9.99. The molecule has 0 spiro atoms. The van der Waals surface area contributed by atoms with Crippen LogP contribution in [0.15, 0.2) is 121 Å². The highest BCUT2D eigenvalue weighted by Gasteiger charge is 2.15. The normalized spacial score (nSPS) is 10.1. The molecule has 0 radical (unpaired) electrons. The molecule has 0 saturated carbocycles. The fourth-order valence-electron chi connectivity index (χ4n) is 6.75. The third kappa shape index (κ3) is 18.7. The van der Waals surface area contributed by atoms with Crippen molar-refractivity contribution in [2.75, 3.05) is 0 Å². The van der Waals surface area contributed by atoms with Gasteiger partial charge in [-0.1, -0.05) is 111 Å². The number of nitrogens with two attached hydrogens (primary N) is 2. The molecule has 12 nitrogen and oxygen atoms in total. The van der Waals surface area contributed by atoms with E-state index in [1.807, 2.05) is 54.6 Å². The van der Waals surface area contributed by atoms with Gasteiger partial charge in [-0.3, -0.25) is 0 Å². The zero-order valence-corrected chi connectivity index (χ0v) is 42.4. The molecular weight excluding hydrogens is 984 g/mol. The van der Waals surface area contributed by atoms with Gasteiger partial charge in [-0.15, -0.1) is 11.6 Å². The fraction of sp³-hybridized carbons (Fsp3) is 0.218. The monoisotopic (exact) mass is 1040 g/mol. The van der Waals surface area contributed by atoms with Gasteiger partial charge in [0.15, 0.2) is 0 Å². The highest BCUT2D eigenvalue weighted by atomic mass is 35.5. The van der Waals surface area contributed by atoms with Gasteiger partial charge in [-0.05, 0) is 107 Å². The highest BCUT2D eigenvalue weighted by molar-refractivity contribution is 6.31. The van der Waals surface area contributed by atoms with Crippen molar-refractivity contribution >= 4 is 58.3 Å². The van der Waals surface area contributed by atoms with E-state index in [1.165, 1.54) is 0 Å². The lowest BCUT2D eigenvalue weighted by Crippen LogP contribution is -2.03. The first-order valence-corrected chi connectivity index (χ1v) is 23.9. The number of hydrogen-bond acceptors (Lipinski definition) is 10. The lowest BCUT2D eigenvalue weighted by molar-refractivity contribution is -0.134. The van der Waals surface area contributed by atoms with Crippen molar-refractivity contribution in [1.82, 2.24) is 0 Å². The first-order chi connectivity index (χ1) is 34.2. The number of aliphatic carboxylic acids is 2. The van der Waals surface area contributed by atoms with E-state index in [0.717, 1.165) is 89.2 Å². The Morgan fingerprint density at radius 1 is 0.507 bits per heavy atom. The Hall–Kier alpha value is -7.05. The van der Waals surface area contributed by atoms with Crippen LogP contribution in [0.2, 0.25) is 15.1 Å². The van der Waals surface area contributed by atoms with Crippen molar-refractivity contribution < 1.29 is 34.0 Å². The molecule has 0 aliphatic carbocycles. The van der Waals surface area contributed by atoms with E-state index in [4.69, 9.17) is 98.1 Å². The topological polar surface area (TPSA) is 226 Å². The summed E-state index contributed by atoms with van der Waals surface area (Å²) in [6.45, 7) is 7.25. The molecular formula is C55H53Cl4N5O7. The van der Waals surface area contributed by atoms with Crippen LogP contribution in [0.4, 0.5) is 0 Å². The molecule has 0 bridgehead atoms. The van der Waals surface area contributed by atoms with Gasteiger partial charge in [0.05, 0.1) is 16.7 Å². The number of rotatable bonds is 17. The Kier molecular flexibility index (Phi) is 25.6. The molecule has 0 heterocycles. The van der Waals surface area contributed by atoms with E-state index < -0.39 is 11.9 Å². The van der Waals surface area contributed by atoms with Crippen LogP contribution in [0.1, 0.15) is 90.1 Å². The molecule has 0 unspecified atom stereocenters. The van der Waals surface area contributed by atoms with Crippen LogP contribution in [-0.2, 0) is 47.8 Å². The predicted octanol–water partition coefficient (Wildman–Crippen LogP) is 14.2. The minimum atomic E-state index is -1.26. The summed E-state index contributed by atoms with van der Waals surface area (Å²) in [5.41, 5.74) is 19.4. The van der Waals surface area contributed by atoms with Crippen LogP contribution in [0.25, 0.3) is 0 Å². The number of carboxylic acids is 2. The van der Waals surface area contributed by atoms with E-state index in [1.54, 1.807) is 54.6 Å². The lowest BCUT2D eigenvalue weighted by Gasteiger charge is -2.15. The highest BCUT2D eigenvalue weighted by Crippen LogP contribution is 2.35. The quantitative estimate of drug-likeness (QED) is 0.0494. The zero-order valence-electron chi connectivity index (χ0n) is 39.4. The summed E-state index contributed by atoms with van der Waals surface area (Å²) in [7, 11) is 0. The molecule has 6 N–H and O–H groups in total. The molecule has 0 atom stereocenters. The van der Waals surface area contributed by atoms with Gasteiger partial charge in [0.1, 0.15) is 52.7 Å². The van der Waals surface area contributed by atoms with Gasteiger partial charge < -0.3 is 35.9 Å². The molecule has 0 fully saturated rings. The molecule has 0 amide bonds. The summed E-state index contributed by atoms with van der Waals surface area (Å²) in [5, 5.41) is 44.7. The van der Waals surface area contributed by atoms with E-state index in [9.17, 15) is 9.59 Å². The zero-order chi connectivity index (χ0) is 52.3. The summed E-state index contributed by atoms with van der Waals surface area (Å²) in [5.74, 6) is 1.53. The van der Waals surface area contributed by atoms with Crippen molar-refractivity contribution in [2.45, 2.75) is 78.3 Å². The summed E-state index contributed by atoms with van der Waals surface area (Å²) in [4.78, 5) is 19.1. The van der Waals surface area contributed by atoms with E-state index >= 15 is 0 Å². The van der Waals surface area contributed by atoms with Crippen LogP contribution in [0.3, 0.4) is 0 Å². The summed E-state index contributed by atoms with van der Waals surface area (Å²) in [6.07, 6.45) is 6.73. The summed E-state index contributed by atoms with van der Waals surface area (Å²) in [6, 6.07) is 38.7. The second-order valence-corrected chi connectivity index (χ2v) is 16.6. The third-order valence-corrected chi connectivity index (χ3v) is 11.0. The smallest absolute Gasteiger partial charge is 0.328 e. The lowest BCUT2D eigenvalue weighted by atomic mass is 10.0. The number of hydrogen-bond donors (Lipinski definition) is 4. The molecule has 6 rings (SSSR count). The van der Waals surface area contributed by atoms with Crippen LogP contribution >= 0.6 is 46.4 Å². The van der Waals surface area contributed by atoms with Crippen LogP contribution in [0, 0.1) is 34.0 Å². The summed E-state index contributed by atoms with van der Waals surface area (Å²) < 4.78 is 17.8. The average molecular weight is 1040 g/mol. The van der Waals surface area contributed by atoms with Crippen molar-refractivity contribution in [2.24, 2.45) is 11.5 Å². The Morgan fingerprint density at radius 2 is 0.803 bits per heavy atom. The molecule has 0 aliphatic heterocycles. The summed E-state index contributed by atoms with van der Waals surface area (Å²) >= 11 is 24.0. The van der Waals surface area contributed by atoms with E-state index in [2.05, 4.69) is 39.0 Å². The number of ether oxygens (including phenoxy) is 3. The Labute approximate surface area is 434 Å². The van der Waals surface area contributed by atoms with Crippen LogP contribution in [0.5, 0.6) is 34.5 Å². The largest absolute Gasteiger partial charge is 0.478 e. The van der Waals surface area contributed by atoms with Crippen molar-refractivity contribution in [1.29, 1.82) is 15.8 Å². The molecule has 6 aromatic rings. The number of carbonyl (C=O) groups is 2. The minimum absolute atomic E-state index is 0.438. The predicted molar refractivity (Wildman–Crippen MR) is 280 cm³/mol. The molecule has 71 heavy (non-hydrogen) atoms. The first-order valence-electron chi connectivity index (χ1n) is 22.3. The average Bonchev–Trinajstić information content (AvgIpc) is 3.36. The number of nitrogens with zero attached hydrogens (tertiary/aromatic N) is 3. The Balaban J connectivity index is 0.000000261. The maximum Gasteiger partial charge on any atom is 0.328 e. The van der Waals surface area contributed by atoms with Crippen molar-refractivity contribution in [3.8, 4) is 52.7 Å². The number of benzene rings is 6. The van der Waals surface area contributed by atoms with E-state index in [-0.39, 0.29) is 0 Å². The van der Waals surface area contributed by atoms with Crippen molar-refractivity contribution in [3.63, 3.8) is 0 Å². The second-order valence-electron chi connectivity index (χ2n) is 15.0. The first kappa shape index (κ1) is 58.3.